The number of carbonyl (C=O) groups is 1. The molecule has 1 fully saturated rings. The molecule has 24 heavy (non-hydrogen) atoms. The summed E-state index contributed by atoms with van der Waals surface area (Å²) in [5.74, 6) is -2.09. The molecule has 0 aliphatic carbocycles. The number of hydrogen-bond donors (Lipinski definition) is 3. The third-order valence-corrected chi connectivity index (χ3v) is 4.11. The SMILES string of the molecule is Cc1cc(C(=O)NC2CNCCC2c2ccc(F)c(F)c2)n[nH]1.Cl. The molecule has 0 spiro atoms. The summed E-state index contributed by atoms with van der Waals surface area (Å²) in [6, 6.07) is 5.37. The molecule has 0 bridgehead atoms. The van der Waals surface area contributed by atoms with Gasteiger partial charge >= 0.3 is 0 Å². The number of hydrogen-bond acceptors (Lipinski definition) is 3. The second kappa shape index (κ2) is 7.72. The molecule has 3 N–H and O–H groups in total. The molecule has 0 radical (unpaired) electrons. The van der Waals surface area contributed by atoms with Crippen molar-refractivity contribution in [2.24, 2.45) is 0 Å². The molecule has 3 rings (SSSR count). The van der Waals surface area contributed by atoms with Crippen LogP contribution in [-0.4, -0.2) is 35.2 Å². The Bertz CT molecular complexity index is 722. The second-order valence-electron chi connectivity index (χ2n) is 5.79. The maximum absolute atomic E-state index is 13.5. The van der Waals surface area contributed by atoms with Crippen molar-refractivity contribution in [2.45, 2.75) is 25.3 Å². The lowest BCUT2D eigenvalue weighted by molar-refractivity contribution is 0.0919. The van der Waals surface area contributed by atoms with Crippen molar-refractivity contribution in [3.8, 4) is 0 Å². The molecule has 0 saturated carbocycles. The Morgan fingerprint density at radius 3 is 2.75 bits per heavy atom. The van der Waals surface area contributed by atoms with Crippen molar-refractivity contribution in [1.29, 1.82) is 0 Å². The minimum Gasteiger partial charge on any atom is -0.346 e. The Morgan fingerprint density at radius 1 is 1.29 bits per heavy atom. The van der Waals surface area contributed by atoms with Gasteiger partial charge in [0.25, 0.3) is 5.91 Å². The van der Waals surface area contributed by atoms with E-state index in [9.17, 15) is 13.6 Å². The fraction of sp³-hybridized carbons (Fsp3) is 0.375. The van der Waals surface area contributed by atoms with Gasteiger partial charge in [0.15, 0.2) is 11.6 Å². The van der Waals surface area contributed by atoms with E-state index in [2.05, 4.69) is 20.8 Å². The number of carbonyl (C=O) groups excluding carboxylic acids is 1. The Labute approximate surface area is 144 Å². The van der Waals surface area contributed by atoms with Gasteiger partial charge in [-0.2, -0.15) is 5.10 Å². The molecule has 5 nitrogen and oxygen atoms in total. The summed E-state index contributed by atoms with van der Waals surface area (Å²) in [6.45, 7) is 3.15. The number of aromatic amines is 1. The van der Waals surface area contributed by atoms with Crippen LogP contribution >= 0.6 is 12.4 Å². The third kappa shape index (κ3) is 3.91. The Morgan fingerprint density at radius 2 is 2.08 bits per heavy atom. The Balaban J connectivity index is 0.00000208. The highest BCUT2D eigenvalue weighted by Crippen LogP contribution is 2.27. The number of aryl methyl sites for hydroxylation is 1. The lowest BCUT2D eigenvalue weighted by Gasteiger charge is -2.33. The van der Waals surface area contributed by atoms with Crippen LogP contribution in [0, 0.1) is 18.6 Å². The van der Waals surface area contributed by atoms with Crippen LogP contribution in [0.2, 0.25) is 0 Å². The predicted octanol–water partition coefficient (Wildman–Crippen LogP) is 2.29. The van der Waals surface area contributed by atoms with Gasteiger partial charge in [-0.25, -0.2) is 8.78 Å². The summed E-state index contributed by atoms with van der Waals surface area (Å²) in [5.41, 5.74) is 1.81. The molecule has 2 heterocycles. The minimum atomic E-state index is -0.867. The number of rotatable bonds is 3. The largest absolute Gasteiger partial charge is 0.346 e. The van der Waals surface area contributed by atoms with E-state index >= 15 is 0 Å². The van der Waals surface area contributed by atoms with Gasteiger partial charge in [-0.05, 0) is 43.7 Å². The lowest BCUT2D eigenvalue weighted by Crippen LogP contribution is -2.50. The number of H-pyrrole nitrogens is 1. The zero-order valence-electron chi connectivity index (χ0n) is 13.1. The number of amides is 1. The van der Waals surface area contributed by atoms with Crippen LogP contribution in [0.25, 0.3) is 0 Å². The summed E-state index contributed by atoms with van der Waals surface area (Å²) >= 11 is 0. The van der Waals surface area contributed by atoms with E-state index < -0.39 is 11.6 Å². The number of nitrogens with one attached hydrogen (secondary N) is 3. The summed E-state index contributed by atoms with van der Waals surface area (Å²) < 4.78 is 26.6. The van der Waals surface area contributed by atoms with Gasteiger partial charge in [-0.15, -0.1) is 12.4 Å². The molecule has 1 aliphatic heterocycles. The zero-order valence-corrected chi connectivity index (χ0v) is 13.9. The maximum atomic E-state index is 13.5. The average molecular weight is 357 g/mol. The van der Waals surface area contributed by atoms with E-state index in [0.29, 0.717) is 17.8 Å². The topological polar surface area (TPSA) is 69.8 Å². The number of aromatic nitrogens is 2. The minimum absolute atomic E-state index is 0. The molecule has 1 aromatic heterocycles. The standard InChI is InChI=1S/C16H18F2N4O.ClH/c1-9-6-14(22-21-9)16(23)20-15-8-19-5-4-11(15)10-2-3-12(17)13(18)7-10;/h2-3,6-7,11,15,19H,4-5,8H2,1H3,(H,20,23)(H,21,22);1H. The Hall–Kier alpha value is -1.99. The molecule has 1 saturated heterocycles. The van der Waals surface area contributed by atoms with Crippen LogP contribution in [0.4, 0.5) is 8.78 Å². The predicted molar refractivity (Wildman–Crippen MR) is 88.4 cm³/mol. The van der Waals surface area contributed by atoms with Crippen molar-refractivity contribution >= 4 is 18.3 Å². The summed E-state index contributed by atoms with van der Waals surface area (Å²) in [5, 5.41) is 12.8. The quantitative estimate of drug-likeness (QED) is 0.790. The summed E-state index contributed by atoms with van der Waals surface area (Å²) in [6.07, 6.45) is 0.732. The summed E-state index contributed by atoms with van der Waals surface area (Å²) in [4.78, 5) is 12.3. The van der Waals surface area contributed by atoms with Crippen molar-refractivity contribution in [3.05, 3.63) is 52.9 Å². The van der Waals surface area contributed by atoms with E-state index in [1.165, 1.54) is 6.07 Å². The normalized spacial score (nSPS) is 20.3. The fourth-order valence-corrected chi connectivity index (χ4v) is 2.93. The van der Waals surface area contributed by atoms with Gasteiger partial charge < -0.3 is 10.6 Å². The number of benzene rings is 1. The summed E-state index contributed by atoms with van der Waals surface area (Å²) in [7, 11) is 0. The smallest absolute Gasteiger partial charge is 0.272 e. The van der Waals surface area contributed by atoms with Crippen LogP contribution < -0.4 is 10.6 Å². The van der Waals surface area contributed by atoms with Crippen LogP contribution in [-0.2, 0) is 0 Å². The first-order valence-electron chi connectivity index (χ1n) is 7.53. The van der Waals surface area contributed by atoms with E-state index in [-0.39, 0.29) is 30.3 Å². The van der Waals surface area contributed by atoms with Gasteiger partial charge in [0, 0.05) is 24.2 Å². The molecule has 1 amide bonds. The monoisotopic (exact) mass is 356 g/mol. The molecular weight excluding hydrogens is 338 g/mol. The molecular formula is C16H19ClF2N4O. The van der Waals surface area contributed by atoms with E-state index in [1.54, 1.807) is 12.1 Å². The van der Waals surface area contributed by atoms with Gasteiger partial charge in [0.05, 0.1) is 0 Å². The number of piperidine rings is 1. The van der Waals surface area contributed by atoms with Crippen molar-refractivity contribution < 1.29 is 13.6 Å². The van der Waals surface area contributed by atoms with Crippen LogP contribution in [0.15, 0.2) is 24.3 Å². The molecule has 8 heteroatoms. The average Bonchev–Trinajstić information content (AvgIpc) is 2.97. The fourth-order valence-electron chi connectivity index (χ4n) is 2.93. The number of nitrogens with zero attached hydrogens (tertiary/aromatic N) is 1. The van der Waals surface area contributed by atoms with E-state index in [1.807, 2.05) is 6.92 Å². The molecule has 2 aromatic rings. The first-order valence-corrected chi connectivity index (χ1v) is 7.53. The van der Waals surface area contributed by atoms with Gasteiger partial charge in [-0.1, -0.05) is 6.07 Å². The van der Waals surface area contributed by atoms with Gasteiger partial charge in [0.2, 0.25) is 0 Å². The number of halogens is 3. The third-order valence-electron chi connectivity index (χ3n) is 4.11. The van der Waals surface area contributed by atoms with Crippen molar-refractivity contribution in [3.63, 3.8) is 0 Å². The van der Waals surface area contributed by atoms with Crippen LogP contribution in [0.5, 0.6) is 0 Å². The highest BCUT2D eigenvalue weighted by molar-refractivity contribution is 5.92. The molecule has 2 unspecified atom stereocenters. The van der Waals surface area contributed by atoms with Gasteiger partial charge in [0.1, 0.15) is 5.69 Å². The molecule has 2 atom stereocenters. The molecule has 130 valence electrons. The van der Waals surface area contributed by atoms with Crippen molar-refractivity contribution in [1.82, 2.24) is 20.8 Å². The second-order valence-corrected chi connectivity index (χ2v) is 5.79. The highest BCUT2D eigenvalue weighted by atomic mass is 35.5. The van der Waals surface area contributed by atoms with Crippen molar-refractivity contribution in [2.75, 3.05) is 13.1 Å². The molecule has 1 aromatic carbocycles. The zero-order chi connectivity index (χ0) is 16.4. The van der Waals surface area contributed by atoms with Crippen LogP contribution in [0.3, 0.4) is 0 Å². The first-order chi connectivity index (χ1) is 11.0. The van der Waals surface area contributed by atoms with E-state index in [4.69, 9.17) is 0 Å². The maximum Gasteiger partial charge on any atom is 0.272 e. The first kappa shape index (κ1) is 18.4. The Kier molecular flexibility index (Phi) is 5.90. The lowest BCUT2D eigenvalue weighted by atomic mass is 9.86. The van der Waals surface area contributed by atoms with E-state index in [0.717, 1.165) is 24.7 Å². The van der Waals surface area contributed by atoms with Crippen LogP contribution in [0.1, 0.15) is 34.1 Å². The highest BCUT2D eigenvalue weighted by Gasteiger charge is 2.29. The molecule has 1 aliphatic rings. The van der Waals surface area contributed by atoms with Gasteiger partial charge in [-0.3, -0.25) is 9.89 Å².